The van der Waals surface area contributed by atoms with Gasteiger partial charge < -0.3 is 9.84 Å². The Morgan fingerprint density at radius 1 is 1.21 bits per heavy atom. The van der Waals surface area contributed by atoms with E-state index in [1.54, 1.807) is 6.07 Å². The summed E-state index contributed by atoms with van der Waals surface area (Å²) in [5, 5.41) is 8.99. The fourth-order valence-electron chi connectivity index (χ4n) is 3.00. The number of hydrogen-bond donors (Lipinski definition) is 1. The highest BCUT2D eigenvalue weighted by Gasteiger charge is 2.55. The number of fused-ring (bicyclic) bond motifs is 1. The molecule has 0 radical (unpaired) electrons. The third-order valence-electron chi connectivity index (χ3n) is 4.35. The van der Waals surface area contributed by atoms with E-state index in [0.717, 1.165) is 5.56 Å². The van der Waals surface area contributed by atoms with Gasteiger partial charge in [-0.15, -0.1) is 0 Å². The number of carboxylic acids is 1. The van der Waals surface area contributed by atoms with Crippen LogP contribution in [0.3, 0.4) is 0 Å². The van der Waals surface area contributed by atoms with E-state index in [9.17, 15) is 26.4 Å². The Hall–Kier alpha value is -1.65. The molecule has 6 nitrogen and oxygen atoms in total. The molecule has 0 unspecified atom stereocenters. The van der Waals surface area contributed by atoms with Crippen molar-refractivity contribution in [2.24, 2.45) is 11.8 Å². The second-order valence-electron chi connectivity index (χ2n) is 5.84. The third-order valence-corrected chi connectivity index (χ3v) is 6.18. The largest absolute Gasteiger partial charge is 0.481 e. The summed E-state index contributed by atoms with van der Waals surface area (Å²) in [7, 11) is -4.21. The fourth-order valence-corrected chi connectivity index (χ4v) is 4.55. The first-order valence-corrected chi connectivity index (χ1v) is 8.54. The molecule has 24 heavy (non-hydrogen) atoms. The zero-order chi connectivity index (χ0) is 17.7. The maximum Gasteiger partial charge on any atom is 0.393 e. The molecule has 0 spiro atoms. The van der Waals surface area contributed by atoms with Gasteiger partial charge in [-0.2, -0.15) is 17.5 Å². The molecule has 1 saturated heterocycles. The summed E-state index contributed by atoms with van der Waals surface area (Å²) in [6, 6.07) is 4.23. The summed E-state index contributed by atoms with van der Waals surface area (Å²) >= 11 is 0. The highest BCUT2D eigenvalue weighted by Crippen LogP contribution is 2.39. The van der Waals surface area contributed by atoms with Crippen LogP contribution >= 0.6 is 0 Å². The number of nitrogens with zero attached hydrogens (tertiary/aromatic N) is 1. The van der Waals surface area contributed by atoms with Gasteiger partial charge in [0, 0.05) is 13.1 Å². The highest BCUT2D eigenvalue weighted by atomic mass is 32.2. The Morgan fingerprint density at radius 2 is 1.88 bits per heavy atom. The number of hydrogen-bond acceptors (Lipinski definition) is 4. The van der Waals surface area contributed by atoms with Gasteiger partial charge in [0.2, 0.25) is 10.0 Å². The van der Waals surface area contributed by atoms with Gasteiger partial charge >= 0.3 is 12.1 Å². The first-order valence-electron chi connectivity index (χ1n) is 7.10. The molecule has 3 rings (SSSR count). The van der Waals surface area contributed by atoms with Gasteiger partial charge in [0.15, 0.2) is 0 Å². The van der Waals surface area contributed by atoms with E-state index in [1.807, 2.05) is 0 Å². The van der Waals surface area contributed by atoms with Gasteiger partial charge in [0.1, 0.15) is 0 Å². The van der Waals surface area contributed by atoms with Crippen molar-refractivity contribution >= 4 is 16.0 Å². The lowest BCUT2D eigenvalue weighted by Gasteiger charge is -2.18. The van der Waals surface area contributed by atoms with E-state index in [2.05, 4.69) is 0 Å². The van der Waals surface area contributed by atoms with Crippen molar-refractivity contribution in [3.8, 4) is 0 Å². The van der Waals surface area contributed by atoms with Crippen LogP contribution in [0, 0.1) is 11.8 Å². The van der Waals surface area contributed by atoms with Gasteiger partial charge in [-0.3, -0.25) is 4.79 Å². The highest BCUT2D eigenvalue weighted by molar-refractivity contribution is 7.89. The predicted octanol–water partition coefficient (Wildman–Crippen LogP) is 1.60. The summed E-state index contributed by atoms with van der Waals surface area (Å²) in [6.45, 7) is -0.996. The topological polar surface area (TPSA) is 83.9 Å². The quantitative estimate of drug-likeness (QED) is 0.880. The van der Waals surface area contributed by atoms with Gasteiger partial charge in [0.05, 0.1) is 29.9 Å². The van der Waals surface area contributed by atoms with Crippen LogP contribution in [0.4, 0.5) is 13.2 Å². The van der Waals surface area contributed by atoms with Crippen LogP contribution in [-0.2, 0) is 32.8 Å². The predicted molar refractivity (Wildman–Crippen MR) is 74.4 cm³/mol. The van der Waals surface area contributed by atoms with Crippen LogP contribution in [-0.4, -0.2) is 43.1 Å². The molecule has 10 heteroatoms. The van der Waals surface area contributed by atoms with Crippen molar-refractivity contribution < 1.29 is 36.2 Å². The van der Waals surface area contributed by atoms with Gasteiger partial charge in [-0.25, -0.2) is 8.42 Å². The van der Waals surface area contributed by atoms with Crippen molar-refractivity contribution in [2.45, 2.75) is 24.3 Å². The SMILES string of the molecule is O=C(O)[C@@H]1CN(S(=O)(=O)c2ccc3c(c2)COC3)C[C@H]1C(F)(F)F. The second kappa shape index (κ2) is 5.71. The number of halogens is 3. The van der Waals surface area contributed by atoms with Crippen LogP contribution in [0.15, 0.2) is 23.1 Å². The molecule has 2 aliphatic heterocycles. The van der Waals surface area contributed by atoms with Gasteiger partial charge in [-0.1, -0.05) is 6.07 Å². The van der Waals surface area contributed by atoms with Gasteiger partial charge in [0.25, 0.3) is 0 Å². The van der Waals surface area contributed by atoms with Crippen molar-refractivity contribution in [3.05, 3.63) is 29.3 Å². The van der Waals surface area contributed by atoms with Crippen molar-refractivity contribution in [1.82, 2.24) is 4.31 Å². The summed E-state index contributed by atoms with van der Waals surface area (Å²) in [4.78, 5) is 10.9. The Labute approximate surface area is 135 Å². The van der Waals surface area contributed by atoms with E-state index in [0.29, 0.717) is 16.5 Å². The maximum absolute atomic E-state index is 13.0. The molecule has 0 bridgehead atoms. The molecule has 132 valence electrons. The Kier molecular flexibility index (Phi) is 4.09. The number of rotatable bonds is 3. The number of sulfonamides is 1. The molecule has 2 heterocycles. The van der Waals surface area contributed by atoms with Crippen molar-refractivity contribution in [2.75, 3.05) is 13.1 Å². The van der Waals surface area contributed by atoms with Crippen molar-refractivity contribution in [1.29, 1.82) is 0 Å². The molecule has 0 aliphatic carbocycles. The van der Waals surface area contributed by atoms with E-state index in [4.69, 9.17) is 9.84 Å². The minimum Gasteiger partial charge on any atom is -0.481 e. The third kappa shape index (κ3) is 2.89. The first kappa shape index (κ1) is 17.2. The molecule has 0 amide bonds. The summed E-state index contributed by atoms with van der Waals surface area (Å²) in [5.74, 6) is -5.68. The molecule has 1 N–H and O–H groups in total. The summed E-state index contributed by atoms with van der Waals surface area (Å²) < 4.78 is 70.0. The second-order valence-corrected chi connectivity index (χ2v) is 7.78. The fraction of sp³-hybridized carbons (Fsp3) is 0.500. The molecule has 2 aliphatic rings. The van der Waals surface area contributed by atoms with E-state index < -0.39 is 47.1 Å². The lowest BCUT2D eigenvalue weighted by molar-refractivity contribution is -0.187. The van der Waals surface area contributed by atoms with Gasteiger partial charge in [-0.05, 0) is 23.3 Å². The molecule has 1 aromatic rings. The van der Waals surface area contributed by atoms with E-state index in [1.165, 1.54) is 12.1 Å². The molecule has 1 aromatic carbocycles. The van der Waals surface area contributed by atoms with Crippen LogP contribution in [0.5, 0.6) is 0 Å². The average molecular weight is 365 g/mol. The lowest BCUT2D eigenvalue weighted by atomic mass is 9.96. The Bertz CT molecular complexity index is 777. The molecule has 1 fully saturated rings. The number of ether oxygens (including phenoxy) is 1. The Morgan fingerprint density at radius 3 is 2.46 bits per heavy atom. The molecule has 0 saturated carbocycles. The minimum absolute atomic E-state index is 0.154. The van der Waals surface area contributed by atoms with Crippen LogP contribution in [0.25, 0.3) is 0 Å². The lowest BCUT2D eigenvalue weighted by Crippen LogP contribution is -2.34. The smallest absolute Gasteiger partial charge is 0.393 e. The molecule has 2 atom stereocenters. The Balaban J connectivity index is 1.92. The number of benzene rings is 1. The molecular weight excluding hydrogens is 351 g/mol. The normalized spacial score (nSPS) is 25.0. The van der Waals surface area contributed by atoms with E-state index in [-0.39, 0.29) is 11.5 Å². The van der Waals surface area contributed by atoms with Crippen LogP contribution in [0.1, 0.15) is 11.1 Å². The summed E-state index contributed by atoms with van der Waals surface area (Å²) in [5.41, 5.74) is 1.49. The zero-order valence-electron chi connectivity index (χ0n) is 12.3. The molecular formula is C14H14F3NO5S. The number of alkyl halides is 3. The monoisotopic (exact) mass is 365 g/mol. The number of carbonyl (C=O) groups is 1. The van der Waals surface area contributed by atoms with E-state index >= 15 is 0 Å². The standard InChI is InChI=1S/C14H14F3NO5S/c15-14(16,17)12-5-18(4-11(12)13(19)20)24(21,22)10-2-1-8-6-23-7-9(8)3-10/h1-3,11-12H,4-7H2,(H,19,20)/t11-,12-/m1/s1. The summed E-state index contributed by atoms with van der Waals surface area (Å²) in [6.07, 6.45) is -4.78. The van der Waals surface area contributed by atoms with Crippen molar-refractivity contribution in [3.63, 3.8) is 0 Å². The maximum atomic E-state index is 13.0. The minimum atomic E-state index is -4.78. The van der Waals surface area contributed by atoms with Crippen LogP contribution < -0.4 is 0 Å². The zero-order valence-corrected chi connectivity index (χ0v) is 13.1. The first-order chi connectivity index (χ1) is 11.1. The number of carboxylic acid groups (broad SMARTS) is 1. The number of aliphatic carboxylic acids is 1. The average Bonchev–Trinajstić information content (AvgIpc) is 3.13. The van der Waals surface area contributed by atoms with Crippen LogP contribution in [0.2, 0.25) is 0 Å². The molecule has 0 aromatic heterocycles.